The molecular formula is C13H18N4O. The van der Waals surface area contributed by atoms with Gasteiger partial charge >= 0.3 is 0 Å². The Morgan fingerprint density at radius 3 is 2.67 bits per heavy atom. The van der Waals surface area contributed by atoms with E-state index < -0.39 is 0 Å². The number of ether oxygens (including phenoxy) is 1. The largest absolute Gasteiger partial charge is 0.496 e. The summed E-state index contributed by atoms with van der Waals surface area (Å²) in [6.45, 7) is 0.876. The van der Waals surface area contributed by atoms with Crippen molar-refractivity contribution in [3.8, 4) is 17.0 Å². The number of aromatic nitrogens is 2. The Labute approximate surface area is 107 Å². The van der Waals surface area contributed by atoms with Crippen molar-refractivity contribution in [3.05, 3.63) is 29.8 Å². The summed E-state index contributed by atoms with van der Waals surface area (Å²) >= 11 is 0. The van der Waals surface area contributed by atoms with Gasteiger partial charge in [-0.25, -0.2) is 0 Å². The summed E-state index contributed by atoms with van der Waals surface area (Å²) < 4.78 is 5.37. The second kappa shape index (κ2) is 5.10. The Hall–Kier alpha value is -2.01. The van der Waals surface area contributed by atoms with Gasteiger partial charge in [-0.05, 0) is 31.8 Å². The molecule has 0 aliphatic rings. The minimum Gasteiger partial charge on any atom is -0.496 e. The van der Waals surface area contributed by atoms with Crippen molar-refractivity contribution in [1.82, 2.24) is 15.1 Å². The second-order valence-corrected chi connectivity index (χ2v) is 4.48. The smallest absolute Gasteiger partial charge is 0.145 e. The summed E-state index contributed by atoms with van der Waals surface area (Å²) in [5.74, 6) is 1.28. The van der Waals surface area contributed by atoms with Crippen LogP contribution in [0.1, 0.15) is 5.56 Å². The fraction of sp³-hybridized carbons (Fsp3) is 0.308. The predicted molar refractivity (Wildman–Crippen MR) is 72.4 cm³/mol. The minimum absolute atomic E-state index is 0.477. The van der Waals surface area contributed by atoms with Crippen LogP contribution in [0.2, 0.25) is 0 Å². The second-order valence-electron chi connectivity index (χ2n) is 4.48. The molecule has 2 rings (SSSR count). The molecule has 0 amide bonds. The van der Waals surface area contributed by atoms with Gasteiger partial charge in [-0.1, -0.05) is 6.07 Å². The molecular weight excluding hydrogens is 228 g/mol. The number of nitrogens with two attached hydrogens (primary N) is 1. The summed E-state index contributed by atoms with van der Waals surface area (Å²) in [7, 11) is 5.74. The number of rotatable bonds is 4. The maximum absolute atomic E-state index is 5.63. The zero-order valence-corrected chi connectivity index (χ0v) is 10.9. The van der Waals surface area contributed by atoms with Gasteiger partial charge in [0.2, 0.25) is 0 Å². The van der Waals surface area contributed by atoms with Crippen LogP contribution in [0.4, 0.5) is 5.82 Å². The van der Waals surface area contributed by atoms with Crippen LogP contribution in [0.25, 0.3) is 11.3 Å². The van der Waals surface area contributed by atoms with Gasteiger partial charge in [-0.2, -0.15) is 5.10 Å². The number of methoxy groups -OCH3 is 1. The van der Waals surface area contributed by atoms with Crippen LogP contribution in [0, 0.1) is 0 Å². The SMILES string of the molecule is COc1ccc(CN(C)C)cc1-c1cc(N)n[nH]1. The Kier molecular flexibility index (Phi) is 3.53. The van der Waals surface area contributed by atoms with Crippen molar-refractivity contribution in [3.63, 3.8) is 0 Å². The fourth-order valence-corrected chi connectivity index (χ4v) is 1.90. The van der Waals surface area contributed by atoms with Gasteiger partial charge in [-0.15, -0.1) is 0 Å². The third-order valence-corrected chi connectivity index (χ3v) is 2.65. The number of benzene rings is 1. The van der Waals surface area contributed by atoms with Gasteiger partial charge in [-0.3, -0.25) is 5.10 Å². The highest BCUT2D eigenvalue weighted by molar-refractivity contribution is 5.69. The molecule has 96 valence electrons. The summed E-state index contributed by atoms with van der Waals surface area (Å²) in [5, 5.41) is 6.85. The molecule has 3 N–H and O–H groups in total. The van der Waals surface area contributed by atoms with Crippen LogP contribution in [-0.4, -0.2) is 36.3 Å². The normalized spacial score (nSPS) is 10.9. The number of nitrogen functional groups attached to an aromatic ring is 1. The van der Waals surface area contributed by atoms with E-state index in [2.05, 4.69) is 27.2 Å². The molecule has 0 fully saturated rings. The maximum Gasteiger partial charge on any atom is 0.145 e. The van der Waals surface area contributed by atoms with Crippen molar-refractivity contribution < 1.29 is 4.74 Å². The monoisotopic (exact) mass is 246 g/mol. The van der Waals surface area contributed by atoms with Crippen molar-refractivity contribution in [2.45, 2.75) is 6.54 Å². The van der Waals surface area contributed by atoms with Crippen LogP contribution in [-0.2, 0) is 6.54 Å². The van der Waals surface area contributed by atoms with Crippen molar-refractivity contribution in [1.29, 1.82) is 0 Å². The van der Waals surface area contributed by atoms with E-state index in [1.54, 1.807) is 13.2 Å². The van der Waals surface area contributed by atoms with Crippen molar-refractivity contribution in [2.75, 3.05) is 26.9 Å². The van der Waals surface area contributed by atoms with Gasteiger partial charge in [0, 0.05) is 18.2 Å². The lowest BCUT2D eigenvalue weighted by atomic mass is 10.1. The molecule has 0 spiro atoms. The van der Waals surface area contributed by atoms with Crippen LogP contribution in [0.15, 0.2) is 24.3 Å². The lowest BCUT2D eigenvalue weighted by Crippen LogP contribution is -2.10. The van der Waals surface area contributed by atoms with Crippen LogP contribution >= 0.6 is 0 Å². The lowest BCUT2D eigenvalue weighted by Gasteiger charge is -2.13. The molecule has 0 saturated heterocycles. The zero-order valence-electron chi connectivity index (χ0n) is 10.9. The molecule has 1 aromatic carbocycles. The number of hydrogen-bond acceptors (Lipinski definition) is 4. The molecule has 5 heteroatoms. The van der Waals surface area contributed by atoms with Crippen LogP contribution in [0.5, 0.6) is 5.75 Å². The van der Waals surface area contributed by atoms with E-state index >= 15 is 0 Å². The highest BCUT2D eigenvalue weighted by Crippen LogP contribution is 2.30. The van der Waals surface area contributed by atoms with Gasteiger partial charge in [0.1, 0.15) is 11.6 Å². The molecule has 1 aromatic heterocycles. The number of aromatic amines is 1. The molecule has 0 bridgehead atoms. The number of hydrogen-bond donors (Lipinski definition) is 2. The van der Waals surface area contributed by atoms with E-state index in [1.807, 2.05) is 20.2 Å². The van der Waals surface area contributed by atoms with Crippen LogP contribution < -0.4 is 10.5 Å². The number of nitrogens with one attached hydrogen (secondary N) is 1. The van der Waals surface area contributed by atoms with E-state index in [4.69, 9.17) is 10.5 Å². The predicted octanol–water partition coefficient (Wildman–Crippen LogP) is 1.73. The summed E-state index contributed by atoms with van der Waals surface area (Å²) in [6, 6.07) is 7.91. The first kappa shape index (κ1) is 12.4. The minimum atomic E-state index is 0.477. The standard InChI is InChI=1S/C13H18N4O/c1-17(2)8-9-4-5-12(18-3)10(6-9)11-7-13(14)16-15-11/h4-7H,8H2,1-3H3,(H3,14,15,16). The van der Waals surface area contributed by atoms with Crippen molar-refractivity contribution in [2.24, 2.45) is 0 Å². The average Bonchev–Trinajstić information content (AvgIpc) is 2.75. The Morgan fingerprint density at radius 2 is 2.11 bits per heavy atom. The highest BCUT2D eigenvalue weighted by atomic mass is 16.5. The van der Waals surface area contributed by atoms with E-state index in [0.717, 1.165) is 23.6 Å². The molecule has 0 saturated carbocycles. The molecule has 0 atom stereocenters. The van der Waals surface area contributed by atoms with Gasteiger partial charge < -0.3 is 15.4 Å². The number of nitrogens with zero attached hydrogens (tertiary/aromatic N) is 2. The molecule has 0 unspecified atom stereocenters. The van der Waals surface area contributed by atoms with Gasteiger partial charge in [0.25, 0.3) is 0 Å². The molecule has 2 aromatic rings. The zero-order chi connectivity index (χ0) is 13.1. The van der Waals surface area contributed by atoms with Crippen LogP contribution in [0.3, 0.4) is 0 Å². The highest BCUT2D eigenvalue weighted by Gasteiger charge is 2.10. The summed E-state index contributed by atoms with van der Waals surface area (Å²) in [5.41, 5.74) is 8.69. The van der Waals surface area contributed by atoms with Gasteiger partial charge in [0.15, 0.2) is 0 Å². The van der Waals surface area contributed by atoms with E-state index in [0.29, 0.717) is 5.82 Å². The number of H-pyrrole nitrogens is 1. The quantitative estimate of drug-likeness (QED) is 0.862. The topological polar surface area (TPSA) is 67.2 Å². The molecule has 0 radical (unpaired) electrons. The summed E-state index contributed by atoms with van der Waals surface area (Å²) in [4.78, 5) is 2.12. The molecule has 0 aliphatic carbocycles. The Bertz CT molecular complexity index is 534. The van der Waals surface area contributed by atoms with Gasteiger partial charge in [0.05, 0.1) is 12.8 Å². The molecule has 1 heterocycles. The van der Waals surface area contributed by atoms with Crippen molar-refractivity contribution >= 4 is 5.82 Å². The van der Waals surface area contributed by atoms with E-state index in [1.165, 1.54) is 5.56 Å². The average molecular weight is 246 g/mol. The lowest BCUT2D eigenvalue weighted by molar-refractivity contribution is 0.400. The van der Waals surface area contributed by atoms with E-state index in [-0.39, 0.29) is 0 Å². The van der Waals surface area contributed by atoms with E-state index in [9.17, 15) is 0 Å². The summed E-state index contributed by atoms with van der Waals surface area (Å²) in [6.07, 6.45) is 0. The first-order valence-electron chi connectivity index (χ1n) is 5.73. The maximum atomic E-state index is 5.63. The molecule has 5 nitrogen and oxygen atoms in total. The fourth-order valence-electron chi connectivity index (χ4n) is 1.90. The Morgan fingerprint density at radius 1 is 1.33 bits per heavy atom. The molecule has 18 heavy (non-hydrogen) atoms. The first-order chi connectivity index (χ1) is 8.60. The Balaban J connectivity index is 2.42. The third kappa shape index (κ3) is 2.62. The first-order valence-corrected chi connectivity index (χ1v) is 5.73. The number of anilines is 1. The molecule has 0 aliphatic heterocycles. The third-order valence-electron chi connectivity index (χ3n) is 2.65.